The molecule has 0 spiro atoms. The maximum absolute atomic E-state index is 11.2. The van der Waals surface area contributed by atoms with Crippen LogP contribution in [0.2, 0.25) is 0 Å². The second-order valence-electron chi connectivity index (χ2n) is 3.44. The third kappa shape index (κ3) is 3.00. The number of ether oxygens (including phenoxy) is 1. The smallest absolute Gasteiger partial charge is 0.322 e. The van der Waals surface area contributed by atoms with Crippen molar-refractivity contribution in [3.63, 3.8) is 0 Å². The molecule has 15 heavy (non-hydrogen) atoms. The molecule has 0 amide bonds. The number of methoxy groups -OCH3 is 1. The van der Waals surface area contributed by atoms with Crippen LogP contribution >= 0.6 is 11.3 Å². The third-order valence-electron chi connectivity index (χ3n) is 2.23. The van der Waals surface area contributed by atoms with Crippen molar-refractivity contribution in [2.45, 2.75) is 32.9 Å². The summed E-state index contributed by atoms with van der Waals surface area (Å²) in [7, 11) is 1.39. The summed E-state index contributed by atoms with van der Waals surface area (Å²) in [5.74, 6) is -0.246. The molecule has 0 aromatic carbocycles. The average molecular weight is 228 g/mol. The first-order valence-electron chi connectivity index (χ1n) is 4.80. The van der Waals surface area contributed by atoms with E-state index in [9.17, 15) is 4.79 Å². The van der Waals surface area contributed by atoms with Crippen LogP contribution < -0.4 is 5.32 Å². The Morgan fingerprint density at radius 3 is 2.73 bits per heavy atom. The lowest BCUT2D eigenvalue weighted by molar-refractivity contribution is -0.142. The number of esters is 1. The van der Waals surface area contributed by atoms with Gasteiger partial charge in [-0.2, -0.15) is 0 Å². The van der Waals surface area contributed by atoms with Crippen LogP contribution in [0.4, 0.5) is 0 Å². The first-order valence-corrected chi connectivity index (χ1v) is 5.68. The lowest BCUT2D eigenvalue weighted by Gasteiger charge is -2.17. The zero-order chi connectivity index (χ0) is 11.4. The van der Waals surface area contributed by atoms with Crippen molar-refractivity contribution in [3.05, 3.63) is 16.1 Å². The molecule has 1 aromatic heterocycles. The van der Waals surface area contributed by atoms with Crippen molar-refractivity contribution >= 4 is 17.3 Å². The average Bonchev–Trinajstić information content (AvgIpc) is 2.63. The van der Waals surface area contributed by atoms with Gasteiger partial charge in [0.2, 0.25) is 0 Å². The van der Waals surface area contributed by atoms with Crippen molar-refractivity contribution < 1.29 is 9.53 Å². The fraction of sp³-hybridized carbons (Fsp3) is 0.600. The third-order valence-corrected chi connectivity index (χ3v) is 3.34. The van der Waals surface area contributed by atoms with E-state index in [-0.39, 0.29) is 18.1 Å². The molecular weight excluding hydrogens is 212 g/mol. The van der Waals surface area contributed by atoms with Gasteiger partial charge in [-0.25, -0.2) is 4.98 Å². The number of aryl methyl sites for hydroxylation is 1. The monoisotopic (exact) mass is 228 g/mol. The second-order valence-corrected chi connectivity index (χ2v) is 4.32. The van der Waals surface area contributed by atoms with Gasteiger partial charge in [0, 0.05) is 10.9 Å². The first kappa shape index (κ1) is 12.1. The quantitative estimate of drug-likeness (QED) is 0.796. The van der Waals surface area contributed by atoms with E-state index in [2.05, 4.69) is 15.0 Å². The molecular formula is C10H16N2O2S. The molecule has 0 radical (unpaired) electrons. The minimum atomic E-state index is -0.300. The van der Waals surface area contributed by atoms with Gasteiger partial charge < -0.3 is 4.74 Å². The number of nitrogens with one attached hydrogen (secondary N) is 1. The van der Waals surface area contributed by atoms with Crippen LogP contribution in [-0.2, 0) is 9.53 Å². The number of carbonyl (C=O) groups is 1. The zero-order valence-electron chi connectivity index (χ0n) is 9.40. The SMILES string of the molecule is COC(=O)[C@H](C)NC(C)c1scnc1C. The fourth-order valence-electron chi connectivity index (χ4n) is 1.42. The van der Waals surface area contributed by atoms with Gasteiger partial charge in [-0.15, -0.1) is 11.3 Å². The molecule has 4 nitrogen and oxygen atoms in total. The van der Waals surface area contributed by atoms with Crippen molar-refractivity contribution in [2.75, 3.05) is 7.11 Å². The van der Waals surface area contributed by atoms with E-state index in [0.29, 0.717) is 0 Å². The van der Waals surface area contributed by atoms with E-state index in [1.807, 2.05) is 19.4 Å². The van der Waals surface area contributed by atoms with Crippen molar-refractivity contribution in [3.8, 4) is 0 Å². The molecule has 2 atom stereocenters. The van der Waals surface area contributed by atoms with Crippen LogP contribution in [0.25, 0.3) is 0 Å². The van der Waals surface area contributed by atoms with Crippen molar-refractivity contribution in [1.82, 2.24) is 10.3 Å². The molecule has 0 aliphatic carbocycles. The molecule has 0 bridgehead atoms. The predicted octanol–water partition coefficient (Wildman–Crippen LogP) is 1.66. The lowest BCUT2D eigenvalue weighted by atomic mass is 10.2. The number of aromatic nitrogens is 1. The summed E-state index contributed by atoms with van der Waals surface area (Å²) in [6.07, 6.45) is 0. The van der Waals surface area contributed by atoms with Crippen LogP contribution in [0.15, 0.2) is 5.51 Å². The Balaban J connectivity index is 2.60. The Morgan fingerprint density at radius 1 is 1.60 bits per heavy atom. The summed E-state index contributed by atoms with van der Waals surface area (Å²) in [5, 5.41) is 3.17. The molecule has 0 aliphatic heterocycles. The molecule has 1 N–H and O–H groups in total. The Kier molecular flexibility index (Phi) is 4.23. The van der Waals surface area contributed by atoms with Crippen LogP contribution in [0.3, 0.4) is 0 Å². The molecule has 84 valence electrons. The Bertz CT molecular complexity index is 338. The Hall–Kier alpha value is -0.940. The largest absolute Gasteiger partial charge is 0.468 e. The van der Waals surface area contributed by atoms with Crippen molar-refractivity contribution in [2.24, 2.45) is 0 Å². The molecule has 1 heterocycles. The summed E-state index contributed by atoms with van der Waals surface area (Å²) in [6, 6.07) is -0.182. The van der Waals surface area contributed by atoms with Gasteiger partial charge in [0.1, 0.15) is 6.04 Å². The van der Waals surface area contributed by atoms with E-state index >= 15 is 0 Å². The fourth-order valence-corrected chi connectivity index (χ4v) is 2.24. The van der Waals surface area contributed by atoms with E-state index < -0.39 is 0 Å². The highest BCUT2D eigenvalue weighted by Gasteiger charge is 2.18. The van der Waals surface area contributed by atoms with E-state index in [1.165, 1.54) is 7.11 Å². The molecule has 0 saturated heterocycles. The van der Waals surface area contributed by atoms with Crippen molar-refractivity contribution in [1.29, 1.82) is 0 Å². The molecule has 1 unspecified atom stereocenters. The van der Waals surface area contributed by atoms with Gasteiger partial charge in [0.25, 0.3) is 0 Å². The molecule has 5 heteroatoms. The van der Waals surface area contributed by atoms with E-state index in [0.717, 1.165) is 10.6 Å². The summed E-state index contributed by atoms with van der Waals surface area (Å²) in [5.41, 5.74) is 2.82. The second kappa shape index (κ2) is 5.23. The van der Waals surface area contributed by atoms with Crippen LogP contribution in [-0.4, -0.2) is 24.1 Å². The Morgan fingerprint density at radius 2 is 2.27 bits per heavy atom. The molecule has 0 aliphatic rings. The molecule has 1 aromatic rings. The summed E-state index contributed by atoms with van der Waals surface area (Å²) >= 11 is 1.59. The number of hydrogen-bond acceptors (Lipinski definition) is 5. The van der Waals surface area contributed by atoms with Gasteiger partial charge in [0.15, 0.2) is 0 Å². The maximum atomic E-state index is 11.2. The number of carbonyl (C=O) groups excluding carboxylic acids is 1. The van der Waals surface area contributed by atoms with Gasteiger partial charge in [-0.1, -0.05) is 0 Å². The predicted molar refractivity (Wildman–Crippen MR) is 59.9 cm³/mol. The number of nitrogens with zero attached hydrogens (tertiary/aromatic N) is 1. The number of hydrogen-bond donors (Lipinski definition) is 1. The van der Waals surface area contributed by atoms with Crippen LogP contribution in [0, 0.1) is 6.92 Å². The highest BCUT2D eigenvalue weighted by atomic mass is 32.1. The van der Waals surface area contributed by atoms with E-state index in [1.54, 1.807) is 18.3 Å². The van der Waals surface area contributed by atoms with Gasteiger partial charge >= 0.3 is 5.97 Å². The van der Waals surface area contributed by atoms with Gasteiger partial charge in [0.05, 0.1) is 18.3 Å². The summed E-state index contributed by atoms with van der Waals surface area (Å²) in [4.78, 5) is 16.5. The molecule has 0 saturated carbocycles. The van der Waals surface area contributed by atoms with Crippen LogP contribution in [0.5, 0.6) is 0 Å². The minimum Gasteiger partial charge on any atom is -0.468 e. The van der Waals surface area contributed by atoms with Gasteiger partial charge in [-0.3, -0.25) is 10.1 Å². The number of rotatable bonds is 4. The summed E-state index contributed by atoms with van der Waals surface area (Å²) < 4.78 is 4.65. The highest BCUT2D eigenvalue weighted by molar-refractivity contribution is 7.09. The van der Waals surface area contributed by atoms with E-state index in [4.69, 9.17) is 0 Å². The number of thiazole rings is 1. The summed E-state index contributed by atoms with van der Waals surface area (Å²) in [6.45, 7) is 5.77. The normalized spacial score (nSPS) is 14.7. The molecule has 0 fully saturated rings. The standard InChI is InChI=1S/C10H16N2O2S/c1-6-9(15-5-11-6)7(2)12-8(3)10(13)14-4/h5,7-8,12H,1-4H3/t7?,8-/m0/s1. The lowest BCUT2D eigenvalue weighted by Crippen LogP contribution is -2.36. The zero-order valence-corrected chi connectivity index (χ0v) is 10.2. The van der Waals surface area contributed by atoms with Crippen LogP contribution in [0.1, 0.15) is 30.5 Å². The minimum absolute atomic E-state index is 0.117. The Labute approximate surface area is 93.7 Å². The first-order chi connectivity index (χ1) is 7.06. The highest BCUT2D eigenvalue weighted by Crippen LogP contribution is 2.21. The maximum Gasteiger partial charge on any atom is 0.322 e. The van der Waals surface area contributed by atoms with Gasteiger partial charge in [-0.05, 0) is 20.8 Å². The molecule has 1 rings (SSSR count). The topological polar surface area (TPSA) is 51.2 Å².